The van der Waals surface area contributed by atoms with E-state index in [1.165, 1.54) is 0 Å². The third-order valence-electron chi connectivity index (χ3n) is 5.24. The lowest BCUT2D eigenvalue weighted by Gasteiger charge is -2.18. The van der Waals surface area contributed by atoms with Gasteiger partial charge in [-0.2, -0.15) is 0 Å². The lowest BCUT2D eigenvalue weighted by molar-refractivity contribution is 0.0734. The van der Waals surface area contributed by atoms with Crippen LogP contribution in [0.3, 0.4) is 0 Å². The quantitative estimate of drug-likeness (QED) is 0.295. The lowest BCUT2D eigenvalue weighted by atomic mass is 9.87. The second kappa shape index (κ2) is 7.88. The zero-order valence-electron chi connectivity index (χ0n) is 18.1. The summed E-state index contributed by atoms with van der Waals surface area (Å²) in [6.45, 7) is 8.17. The van der Waals surface area contributed by atoms with Crippen molar-refractivity contribution in [3.63, 3.8) is 0 Å². The van der Waals surface area contributed by atoms with Gasteiger partial charge < -0.3 is 9.47 Å². The topological polar surface area (TPSA) is 52.6 Å². The SMILES string of the molecule is Cc1cc(OC(=O)c2ccc(C(C)(C)C)cc2)cc2c1C(=O)/C(=C/c1ccccc1)O2. The van der Waals surface area contributed by atoms with Crippen LogP contribution in [0.2, 0.25) is 0 Å². The first-order valence-corrected chi connectivity index (χ1v) is 10.2. The monoisotopic (exact) mass is 412 g/mol. The Labute approximate surface area is 182 Å². The highest BCUT2D eigenvalue weighted by Gasteiger charge is 2.30. The van der Waals surface area contributed by atoms with Gasteiger partial charge in [0.25, 0.3) is 0 Å². The maximum atomic E-state index is 12.8. The van der Waals surface area contributed by atoms with Crippen molar-refractivity contribution in [2.45, 2.75) is 33.1 Å². The number of benzene rings is 3. The number of hydrogen-bond donors (Lipinski definition) is 0. The summed E-state index contributed by atoms with van der Waals surface area (Å²) in [4.78, 5) is 25.4. The molecule has 0 saturated carbocycles. The molecule has 0 fully saturated rings. The van der Waals surface area contributed by atoms with Gasteiger partial charge in [0, 0.05) is 6.07 Å². The van der Waals surface area contributed by atoms with E-state index in [1.807, 2.05) is 42.5 Å². The Kier molecular flexibility index (Phi) is 5.24. The van der Waals surface area contributed by atoms with Gasteiger partial charge in [-0.15, -0.1) is 0 Å². The Balaban J connectivity index is 1.56. The number of ketones is 1. The number of carbonyl (C=O) groups is 2. The summed E-state index contributed by atoms with van der Waals surface area (Å²) in [6, 6.07) is 20.2. The summed E-state index contributed by atoms with van der Waals surface area (Å²) in [7, 11) is 0. The van der Waals surface area contributed by atoms with Crippen LogP contribution in [0.1, 0.15) is 58.2 Å². The van der Waals surface area contributed by atoms with E-state index in [-0.39, 0.29) is 17.0 Å². The van der Waals surface area contributed by atoms with Crippen LogP contribution in [-0.4, -0.2) is 11.8 Å². The van der Waals surface area contributed by atoms with Crippen molar-refractivity contribution in [3.05, 3.63) is 100 Å². The Morgan fingerprint density at radius 1 is 0.968 bits per heavy atom. The van der Waals surface area contributed by atoms with Crippen molar-refractivity contribution in [1.82, 2.24) is 0 Å². The van der Waals surface area contributed by atoms with Gasteiger partial charge in [0.2, 0.25) is 5.78 Å². The molecule has 0 N–H and O–H groups in total. The summed E-state index contributed by atoms with van der Waals surface area (Å²) < 4.78 is 11.4. The summed E-state index contributed by atoms with van der Waals surface area (Å²) in [5.41, 5.74) is 3.69. The molecule has 0 atom stereocenters. The number of ether oxygens (including phenoxy) is 2. The van der Waals surface area contributed by atoms with E-state index in [9.17, 15) is 9.59 Å². The highest BCUT2D eigenvalue weighted by molar-refractivity contribution is 6.15. The lowest BCUT2D eigenvalue weighted by Crippen LogP contribution is -2.13. The molecule has 1 aliphatic rings. The minimum absolute atomic E-state index is 0.00832. The fourth-order valence-corrected chi connectivity index (χ4v) is 3.51. The third kappa shape index (κ3) is 4.29. The summed E-state index contributed by atoms with van der Waals surface area (Å²) >= 11 is 0. The molecular formula is C27H24O4. The molecule has 0 aliphatic carbocycles. The van der Waals surface area contributed by atoms with E-state index < -0.39 is 5.97 Å². The molecule has 4 nitrogen and oxygen atoms in total. The zero-order chi connectivity index (χ0) is 22.2. The predicted molar refractivity (Wildman–Crippen MR) is 121 cm³/mol. The fraction of sp³-hybridized carbons (Fsp3) is 0.185. The van der Waals surface area contributed by atoms with Crippen molar-refractivity contribution < 1.29 is 19.1 Å². The van der Waals surface area contributed by atoms with E-state index in [1.54, 1.807) is 37.3 Å². The molecule has 0 unspecified atom stereocenters. The molecule has 1 aliphatic heterocycles. The molecule has 0 bridgehead atoms. The van der Waals surface area contributed by atoms with E-state index in [2.05, 4.69) is 20.8 Å². The van der Waals surface area contributed by atoms with E-state index >= 15 is 0 Å². The van der Waals surface area contributed by atoms with E-state index in [4.69, 9.17) is 9.47 Å². The Hall–Kier alpha value is -3.66. The zero-order valence-corrected chi connectivity index (χ0v) is 18.1. The molecule has 3 aromatic carbocycles. The number of aryl methyl sites for hydroxylation is 1. The molecule has 1 heterocycles. The molecule has 0 saturated heterocycles. The Morgan fingerprint density at radius 3 is 2.29 bits per heavy atom. The smallest absolute Gasteiger partial charge is 0.343 e. The number of fused-ring (bicyclic) bond motifs is 1. The summed E-state index contributed by atoms with van der Waals surface area (Å²) in [6.07, 6.45) is 1.71. The molecule has 0 aromatic heterocycles. The number of allylic oxidation sites excluding steroid dienone is 1. The average Bonchev–Trinajstić information content (AvgIpc) is 3.03. The Bertz CT molecular complexity index is 1180. The van der Waals surface area contributed by atoms with Gasteiger partial charge in [-0.3, -0.25) is 4.79 Å². The first-order chi connectivity index (χ1) is 14.7. The average molecular weight is 412 g/mol. The first kappa shape index (κ1) is 20.6. The van der Waals surface area contributed by atoms with Crippen LogP contribution in [0.15, 0.2) is 72.5 Å². The minimum Gasteiger partial charge on any atom is -0.452 e. The van der Waals surface area contributed by atoms with Crippen molar-refractivity contribution in [2.75, 3.05) is 0 Å². The fourth-order valence-electron chi connectivity index (χ4n) is 3.51. The molecule has 4 rings (SSSR count). The van der Waals surface area contributed by atoms with Crippen LogP contribution in [-0.2, 0) is 5.41 Å². The van der Waals surface area contributed by atoms with Gasteiger partial charge in [-0.25, -0.2) is 4.79 Å². The third-order valence-corrected chi connectivity index (χ3v) is 5.24. The van der Waals surface area contributed by atoms with Crippen molar-refractivity contribution in [1.29, 1.82) is 0 Å². The maximum Gasteiger partial charge on any atom is 0.343 e. The highest BCUT2D eigenvalue weighted by Crippen LogP contribution is 2.37. The number of rotatable bonds is 3. The van der Waals surface area contributed by atoms with Gasteiger partial charge >= 0.3 is 5.97 Å². The minimum atomic E-state index is -0.454. The molecule has 31 heavy (non-hydrogen) atoms. The molecular weight excluding hydrogens is 388 g/mol. The van der Waals surface area contributed by atoms with Crippen LogP contribution in [0, 0.1) is 6.92 Å². The summed E-state index contributed by atoms with van der Waals surface area (Å²) in [5, 5.41) is 0. The number of esters is 1. The number of carbonyl (C=O) groups excluding carboxylic acids is 2. The predicted octanol–water partition coefficient (Wildman–Crippen LogP) is 6.13. The van der Waals surface area contributed by atoms with Crippen LogP contribution in [0.25, 0.3) is 6.08 Å². The second-order valence-electron chi connectivity index (χ2n) is 8.68. The van der Waals surface area contributed by atoms with Crippen LogP contribution < -0.4 is 9.47 Å². The molecule has 0 radical (unpaired) electrons. The number of hydrogen-bond acceptors (Lipinski definition) is 4. The van der Waals surface area contributed by atoms with E-state index in [0.29, 0.717) is 28.2 Å². The van der Waals surface area contributed by atoms with Gasteiger partial charge in [0.15, 0.2) is 5.76 Å². The van der Waals surface area contributed by atoms with Crippen LogP contribution in [0.5, 0.6) is 11.5 Å². The molecule has 156 valence electrons. The number of Topliss-reactive ketones (excluding diaryl/α,β-unsaturated/α-hetero) is 1. The largest absolute Gasteiger partial charge is 0.452 e. The molecule has 0 spiro atoms. The van der Waals surface area contributed by atoms with Gasteiger partial charge in [0.05, 0.1) is 11.1 Å². The molecule has 0 amide bonds. The summed E-state index contributed by atoms with van der Waals surface area (Å²) in [5.74, 6) is 0.370. The van der Waals surface area contributed by atoms with Gasteiger partial charge in [-0.1, -0.05) is 63.2 Å². The molecule has 4 heteroatoms. The molecule has 3 aromatic rings. The van der Waals surface area contributed by atoms with Crippen LogP contribution in [0.4, 0.5) is 0 Å². The van der Waals surface area contributed by atoms with Crippen LogP contribution >= 0.6 is 0 Å². The van der Waals surface area contributed by atoms with Crippen molar-refractivity contribution in [3.8, 4) is 11.5 Å². The normalized spacial score (nSPS) is 14.3. The second-order valence-corrected chi connectivity index (χ2v) is 8.68. The van der Waals surface area contributed by atoms with Crippen molar-refractivity contribution >= 4 is 17.8 Å². The Morgan fingerprint density at radius 2 is 1.65 bits per heavy atom. The van der Waals surface area contributed by atoms with Gasteiger partial charge in [0.1, 0.15) is 11.5 Å². The van der Waals surface area contributed by atoms with Crippen molar-refractivity contribution in [2.24, 2.45) is 0 Å². The van der Waals surface area contributed by atoms with E-state index in [0.717, 1.165) is 11.1 Å². The van der Waals surface area contributed by atoms with Gasteiger partial charge in [-0.05, 0) is 53.3 Å². The first-order valence-electron chi connectivity index (χ1n) is 10.2. The maximum absolute atomic E-state index is 12.8. The highest BCUT2D eigenvalue weighted by atomic mass is 16.5. The standard InChI is InChI=1S/C27H24O4/c1-17-14-21(30-26(29)19-10-12-20(13-11-19)27(2,3)4)16-22-24(17)25(28)23(31-22)15-18-8-6-5-7-9-18/h5-16H,1-4H3/b23-15-.